The highest BCUT2D eigenvalue weighted by molar-refractivity contribution is 5.70. The maximum Gasteiger partial charge on any atom is 0.306 e. The quantitative estimate of drug-likeness (QED) is 0.629. The van der Waals surface area contributed by atoms with Crippen molar-refractivity contribution in [2.24, 2.45) is 0 Å². The molecule has 2 aromatic carbocycles. The molecule has 4 heteroatoms. The Morgan fingerprint density at radius 3 is 1.45 bits per heavy atom. The molecule has 0 aliphatic carbocycles. The van der Waals surface area contributed by atoms with E-state index in [-0.39, 0.29) is 12.4 Å². The van der Waals surface area contributed by atoms with E-state index in [1.165, 1.54) is 0 Å². The number of benzene rings is 2. The molecule has 0 aliphatic rings. The maximum absolute atomic E-state index is 12.4. The average Bonchev–Trinajstić information content (AvgIpc) is 2.59. The lowest BCUT2D eigenvalue weighted by Crippen LogP contribution is -2.28. The number of aromatic hydroxyl groups is 2. The van der Waals surface area contributed by atoms with Crippen LogP contribution in [0.3, 0.4) is 0 Å². The van der Waals surface area contributed by atoms with Gasteiger partial charge in [-0.3, -0.25) is 4.79 Å². The van der Waals surface area contributed by atoms with Crippen molar-refractivity contribution in [3.8, 4) is 11.5 Å². The van der Waals surface area contributed by atoms with Crippen molar-refractivity contribution >= 4 is 5.97 Å². The first-order valence-corrected chi connectivity index (χ1v) is 10.1. The SMILES string of the molecule is Cc1cc(C(C)(CCC(=O)OC(C)(C)C)c2cc(C)c(O)c(C)c2)cc(C)c1O. The van der Waals surface area contributed by atoms with Crippen molar-refractivity contribution in [2.75, 3.05) is 0 Å². The van der Waals surface area contributed by atoms with Gasteiger partial charge in [0.25, 0.3) is 0 Å². The van der Waals surface area contributed by atoms with Crippen LogP contribution in [-0.4, -0.2) is 21.8 Å². The molecule has 0 heterocycles. The van der Waals surface area contributed by atoms with Crippen LogP contribution in [0.5, 0.6) is 11.5 Å². The average molecular weight is 399 g/mol. The number of rotatable bonds is 5. The van der Waals surface area contributed by atoms with Crippen LogP contribution in [0, 0.1) is 27.7 Å². The summed E-state index contributed by atoms with van der Waals surface area (Å²) in [6.07, 6.45) is 0.820. The third kappa shape index (κ3) is 5.11. The van der Waals surface area contributed by atoms with E-state index < -0.39 is 11.0 Å². The molecule has 0 atom stereocenters. The summed E-state index contributed by atoms with van der Waals surface area (Å²) in [5.41, 5.74) is 4.25. The van der Waals surface area contributed by atoms with Gasteiger partial charge in [0.2, 0.25) is 0 Å². The zero-order valence-electron chi connectivity index (χ0n) is 18.9. The summed E-state index contributed by atoms with van der Waals surface area (Å²) in [7, 11) is 0. The van der Waals surface area contributed by atoms with Gasteiger partial charge >= 0.3 is 5.97 Å². The zero-order chi connectivity index (χ0) is 22.1. The standard InChI is InChI=1S/C25H34O4/c1-15-11-19(12-16(2)22(15)27)25(8,10-9-21(26)29-24(5,6)7)20-13-17(3)23(28)18(4)14-20/h11-14,27-28H,9-10H2,1-8H3. The second-order valence-corrected chi connectivity index (χ2v) is 9.34. The van der Waals surface area contributed by atoms with Gasteiger partial charge < -0.3 is 14.9 Å². The Morgan fingerprint density at radius 2 is 1.14 bits per heavy atom. The summed E-state index contributed by atoms with van der Waals surface area (Å²) in [6, 6.07) is 7.92. The monoisotopic (exact) mass is 398 g/mol. The predicted molar refractivity (Wildman–Crippen MR) is 117 cm³/mol. The fourth-order valence-electron chi connectivity index (χ4n) is 3.75. The van der Waals surface area contributed by atoms with Crippen molar-refractivity contribution < 1.29 is 19.7 Å². The van der Waals surface area contributed by atoms with Crippen molar-refractivity contribution in [2.45, 2.75) is 79.2 Å². The highest BCUT2D eigenvalue weighted by atomic mass is 16.6. The van der Waals surface area contributed by atoms with Gasteiger partial charge in [-0.25, -0.2) is 0 Å². The normalized spacial score (nSPS) is 12.1. The fourth-order valence-corrected chi connectivity index (χ4v) is 3.75. The molecule has 0 aliphatic heterocycles. The third-order valence-electron chi connectivity index (χ3n) is 5.51. The number of carbonyl (C=O) groups is 1. The molecule has 2 aromatic rings. The second kappa shape index (κ2) is 8.10. The van der Waals surface area contributed by atoms with Gasteiger partial charge in [0.1, 0.15) is 17.1 Å². The molecule has 0 unspecified atom stereocenters. The van der Waals surface area contributed by atoms with E-state index in [0.29, 0.717) is 17.9 Å². The number of hydrogen-bond donors (Lipinski definition) is 2. The number of carbonyl (C=O) groups excluding carboxylic acids is 1. The number of phenolic OH excluding ortho intramolecular Hbond substituents is 2. The smallest absolute Gasteiger partial charge is 0.306 e. The lowest BCUT2D eigenvalue weighted by Gasteiger charge is -2.33. The van der Waals surface area contributed by atoms with Crippen LogP contribution in [0.15, 0.2) is 24.3 Å². The molecule has 0 aromatic heterocycles. The van der Waals surface area contributed by atoms with Gasteiger partial charge in [0.15, 0.2) is 0 Å². The van der Waals surface area contributed by atoms with Crippen LogP contribution in [0.1, 0.15) is 73.9 Å². The van der Waals surface area contributed by atoms with E-state index in [9.17, 15) is 15.0 Å². The third-order valence-corrected chi connectivity index (χ3v) is 5.51. The van der Waals surface area contributed by atoms with Gasteiger partial charge in [0.05, 0.1) is 0 Å². The molecular formula is C25H34O4. The van der Waals surface area contributed by atoms with Crippen LogP contribution >= 0.6 is 0 Å². The minimum absolute atomic E-state index is 0.233. The molecule has 2 N–H and O–H groups in total. The Balaban J connectivity index is 2.55. The van der Waals surface area contributed by atoms with Crippen molar-refractivity contribution in [1.82, 2.24) is 0 Å². The number of aryl methyl sites for hydroxylation is 4. The predicted octanol–water partition coefficient (Wildman–Crippen LogP) is 5.76. The van der Waals surface area contributed by atoms with Gasteiger partial charge in [-0.15, -0.1) is 0 Å². The molecule has 0 radical (unpaired) electrons. The summed E-state index contributed by atoms with van der Waals surface area (Å²) in [4.78, 5) is 12.4. The molecule has 0 amide bonds. The van der Waals surface area contributed by atoms with E-state index in [1.54, 1.807) is 0 Å². The summed E-state index contributed by atoms with van der Waals surface area (Å²) in [5, 5.41) is 20.5. The number of phenols is 2. The van der Waals surface area contributed by atoms with E-state index in [0.717, 1.165) is 33.4 Å². The van der Waals surface area contributed by atoms with Gasteiger partial charge in [-0.05, 0) is 88.3 Å². The minimum atomic E-state index is -0.523. The molecule has 0 spiro atoms. The first-order chi connectivity index (χ1) is 13.2. The minimum Gasteiger partial charge on any atom is -0.507 e. The molecule has 29 heavy (non-hydrogen) atoms. The summed E-state index contributed by atoms with van der Waals surface area (Å²) in [6.45, 7) is 15.2. The van der Waals surface area contributed by atoms with Gasteiger partial charge in [-0.1, -0.05) is 31.2 Å². The largest absolute Gasteiger partial charge is 0.507 e. The first-order valence-electron chi connectivity index (χ1n) is 10.1. The lowest BCUT2D eigenvalue weighted by atomic mass is 9.71. The van der Waals surface area contributed by atoms with Crippen LogP contribution in [0.4, 0.5) is 0 Å². The van der Waals surface area contributed by atoms with Crippen LogP contribution in [-0.2, 0) is 14.9 Å². The van der Waals surface area contributed by atoms with E-state index in [1.807, 2.05) is 72.7 Å². The Morgan fingerprint density at radius 1 is 0.793 bits per heavy atom. The topological polar surface area (TPSA) is 66.8 Å². The summed E-state index contributed by atoms with van der Waals surface area (Å²) >= 11 is 0. The van der Waals surface area contributed by atoms with Gasteiger partial charge in [-0.2, -0.15) is 0 Å². The molecular weight excluding hydrogens is 364 g/mol. The second-order valence-electron chi connectivity index (χ2n) is 9.34. The Kier molecular flexibility index (Phi) is 6.36. The Labute approximate surface area is 174 Å². The fraction of sp³-hybridized carbons (Fsp3) is 0.480. The van der Waals surface area contributed by atoms with Crippen molar-refractivity contribution in [3.05, 3.63) is 57.6 Å². The first kappa shape index (κ1) is 22.8. The molecule has 0 saturated heterocycles. The molecule has 0 bridgehead atoms. The van der Waals surface area contributed by atoms with Crippen LogP contribution in [0.2, 0.25) is 0 Å². The van der Waals surface area contributed by atoms with Crippen molar-refractivity contribution in [3.63, 3.8) is 0 Å². The highest BCUT2D eigenvalue weighted by Crippen LogP contribution is 2.41. The maximum atomic E-state index is 12.4. The lowest BCUT2D eigenvalue weighted by molar-refractivity contribution is -0.155. The molecule has 158 valence electrons. The molecule has 2 rings (SSSR count). The van der Waals surface area contributed by atoms with E-state index in [2.05, 4.69) is 6.92 Å². The molecule has 4 nitrogen and oxygen atoms in total. The number of hydrogen-bond acceptors (Lipinski definition) is 4. The number of esters is 1. The Hall–Kier alpha value is -2.49. The summed E-state index contributed by atoms with van der Waals surface area (Å²) < 4.78 is 5.52. The zero-order valence-corrected chi connectivity index (χ0v) is 18.9. The van der Waals surface area contributed by atoms with Gasteiger partial charge in [0, 0.05) is 11.8 Å². The van der Waals surface area contributed by atoms with Crippen LogP contribution < -0.4 is 0 Å². The van der Waals surface area contributed by atoms with Crippen molar-refractivity contribution in [1.29, 1.82) is 0 Å². The Bertz CT molecular complexity index is 815. The highest BCUT2D eigenvalue weighted by Gasteiger charge is 2.32. The number of ether oxygens (including phenoxy) is 1. The molecule has 0 fully saturated rings. The summed E-state index contributed by atoms with van der Waals surface area (Å²) in [5.74, 6) is 0.353. The van der Waals surface area contributed by atoms with Crippen LogP contribution in [0.25, 0.3) is 0 Å². The molecule has 0 saturated carbocycles. The van der Waals surface area contributed by atoms with E-state index in [4.69, 9.17) is 4.74 Å². The van der Waals surface area contributed by atoms with E-state index >= 15 is 0 Å².